The Hall–Kier alpha value is -1.76. The number of nitrogens with one attached hydrogen (secondary N) is 1. The normalized spacial score (nSPS) is 12.8. The van der Waals surface area contributed by atoms with Crippen molar-refractivity contribution < 1.29 is 22.7 Å². The van der Waals surface area contributed by atoms with Crippen LogP contribution in [0.25, 0.3) is 0 Å². The highest BCUT2D eigenvalue weighted by Gasteiger charge is 2.28. The van der Waals surface area contributed by atoms with E-state index in [2.05, 4.69) is 10.1 Å². The molecule has 1 aromatic rings. The van der Waals surface area contributed by atoms with Crippen LogP contribution in [0.1, 0.15) is 25.3 Å². The fourth-order valence-electron chi connectivity index (χ4n) is 1.56. The van der Waals surface area contributed by atoms with Crippen LogP contribution in [0.2, 0.25) is 0 Å². The first-order valence-electron chi connectivity index (χ1n) is 6.57. The Balaban J connectivity index is 2.44. The molecule has 1 amide bonds. The van der Waals surface area contributed by atoms with Gasteiger partial charge in [-0.15, -0.1) is 0 Å². The molecule has 0 aromatic heterocycles. The van der Waals surface area contributed by atoms with E-state index in [9.17, 15) is 18.0 Å². The molecule has 1 aromatic carbocycles. The van der Waals surface area contributed by atoms with Gasteiger partial charge in [-0.1, -0.05) is 12.1 Å². The van der Waals surface area contributed by atoms with Crippen LogP contribution in [0.4, 0.5) is 13.2 Å². The van der Waals surface area contributed by atoms with E-state index in [0.717, 1.165) is 0 Å². The number of hydrogen-bond acceptors (Lipinski definition) is 3. The maximum absolute atomic E-state index is 12.1. The van der Waals surface area contributed by atoms with E-state index in [-0.39, 0.29) is 24.2 Å². The molecule has 0 aliphatic carbocycles. The van der Waals surface area contributed by atoms with Crippen molar-refractivity contribution in [1.29, 1.82) is 0 Å². The second kappa shape index (κ2) is 7.87. The highest BCUT2D eigenvalue weighted by molar-refractivity contribution is 5.75. The SMILES string of the molecule is CC(N)CCC(=O)NCc1cccc(OCC(F)(F)F)c1. The van der Waals surface area contributed by atoms with E-state index in [0.29, 0.717) is 18.4 Å². The van der Waals surface area contributed by atoms with E-state index < -0.39 is 12.8 Å². The summed E-state index contributed by atoms with van der Waals surface area (Å²) in [6, 6.07) is 6.14. The van der Waals surface area contributed by atoms with Gasteiger partial charge in [0.2, 0.25) is 5.91 Å². The van der Waals surface area contributed by atoms with Gasteiger partial charge in [-0.2, -0.15) is 13.2 Å². The lowest BCUT2D eigenvalue weighted by atomic mass is 10.2. The Kier molecular flexibility index (Phi) is 6.48. The maximum Gasteiger partial charge on any atom is 0.422 e. The number of carbonyl (C=O) groups is 1. The largest absolute Gasteiger partial charge is 0.484 e. The minimum atomic E-state index is -4.37. The van der Waals surface area contributed by atoms with Crippen molar-refractivity contribution in [3.8, 4) is 5.75 Å². The van der Waals surface area contributed by atoms with E-state index >= 15 is 0 Å². The summed E-state index contributed by atoms with van der Waals surface area (Å²) in [5, 5.41) is 2.68. The number of halogens is 3. The second-order valence-corrected chi connectivity index (χ2v) is 4.84. The zero-order chi connectivity index (χ0) is 15.9. The average molecular weight is 304 g/mol. The van der Waals surface area contributed by atoms with Crippen LogP contribution in [0, 0.1) is 0 Å². The van der Waals surface area contributed by atoms with Crippen LogP contribution in [0.5, 0.6) is 5.75 Å². The van der Waals surface area contributed by atoms with Crippen LogP contribution in [-0.4, -0.2) is 24.7 Å². The minimum Gasteiger partial charge on any atom is -0.484 e. The molecule has 0 radical (unpaired) electrons. The molecule has 0 heterocycles. The fourth-order valence-corrected chi connectivity index (χ4v) is 1.56. The molecule has 4 nitrogen and oxygen atoms in total. The highest BCUT2D eigenvalue weighted by atomic mass is 19.4. The molecule has 118 valence electrons. The summed E-state index contributed by atoms with van der Waals surface area (Å²) in [5.74, 6) is -0.0245. The van der Waals surface area contributed by atoms with Crippen LogP contribution in [0.15, 0.2) is 24.3 Å². The number of ether oxygens (including phenoxy) is 1. The fraction of sp³-hybridized carbons (Fsp3) is 0.500. The Morgan fingerprint density at radius 1 is 1.43 bits per heavy atom. The van der Waals surface area contributed by atoms with Crippen molar-refractivity contribution in [1.82, 2.24) is 5.32 Å². The summed E-state index contributed by atoms with van der Waals surface area (Å²) in [6.07, 6.45) is -3.47. The molecule has 0 saturated carbocycles. The molecular weight excluding hydrogens is 285 g/mol. The number of carbonyl (C=O) groups excluding carboxylic acids is 1. The first-order chi connectivity index (χ1) is 9.76. The summed E-state index contributed by atoms with van der Waals surface area (Å²) >= 11 is 0. The van der Waals surface area contributed by atoms with Crippen molar-refractivity contribution in [3.05, 3.63) is 29.8 Å². The number of benzene rings is 1. The minimum absolute atomic E-state index is 0.0464. The third-order valence-electron chi connectivity index (χ3n) is 2.62. The quantitative estimate of drug-likeness (QED) is 0.813. The van der Waals surface area contributed by atoms with Gasteiger partial charge in [-0.25, -0.2) is 0 Å². The molecule has 0 aliphatic rings. The molecular formula is C14H19F3N2O2. The van der Waals surface area contributed by atoms with Gasteiger partial charge in [0.15, 0.2) is 6.61 Å². The summed E-state index contributed by atoms with van der Waals surface area (Å²) in [7, 11) is 0. The third kappa shape index (κ3) is 8.19. The zero-order valence-electron chi connectivity index (χ0n) is 11.7. The maximum atomic E-state index is 12.1. The van der Waals surface area contributed by atoms with Crippen molar-refractivity contribution in [2.24, 2.45) is 5.73 Å². The predicted octanol–water partition coefficient (Wildman–Crippen LogP) is 2.37. The van der Waals surface area contributed by atoms with Gasteiger partial charge in [0, 0.05) is 19.0 Å². The first kappa shape index (κ1) is 17.3. The van der Waals surface area contributed by atoms with E-state index in [1.54, 1.807) is 12.1 Å². The van der Waals surface area contributed by atoms with Crippen molar-refractivity contribution >= 4 is 5.91 Å². The van der Waals surface area contributed by atoms with Crippen LogP contribution >= 0.6 is 0 Å². The number of nitrogens with two attached hydrogens (primary N) is 1. The van der Waals surface area contributed by atoms with E-state index in [1.807, 2.05) is 6.92 Å². The van der Waals surface area contributed by atoms with Gasteiger partial charge in [0.1, 0.15) is 5.75 Å². The summed E-state index contributed by atoms with van der Waals surface area (Å²) in [5.41, 5.74) is 6.22. The Morgan fingerprint density at radius 3 is 2.76 bits per heavy atom. The Bertz CT molecular complexity index is 462. The average Bonchev–Trinajstić information content (AvgIpc) is 2.40. The molecule has 3 N–H and O–H groups in total. The zero-order valence-corrected chi connectivity index (χ0v) is 11.7. The Morgan fingerprint density at radius 2 is 2.14 bits per heavy atom. The lowest BCUT2D eigenvalue weighted by molar-refractivity contribution is -0.153. The van der Waals surface area contributed by atoms with Crippen molar-refractivity contribution in [3.63, 3.8) is 0 Å². The summed E-state index contributed by atoms with van der Waals surface area (Å²) in [6.45, 7) is 0.715. The van der Waals surface area contributed by atoms with E-state index in [1.165, 1.54) is 12.1 Å². The lowest BCUT2D eigenvalue weighted by Gasteiger charge is -2.11. The lowest BCUT2D eigenvalue weighted by Crippen LogP contribution is -2.25. The number of amides is 1. The molecule has 0 saturated heterocycles. The summed E-state index contributed by atoms with van der Waals surface area (Å²) < 4.78 is 40.8. The van der Waals surface area contributed by atoms with Gasteiger partial charge >= 0.3 is 6.18 Å². The van der Waals surface area contributed by atoms with Gasteiger partial charge in [0.05, 0.1) is 0 Å². The third-order valence-corrected chi connectivity index (χ3v) is 2.62. The molecule has 0 fully saturated rings. The van der Waals surface area contributed by atoms with Crippen LogP contribution in [-0.2, 0) is 11.3 Å². The van der Waals surface area contributed by atoms with Gasteiger partial charge in [-0.3, -0.25) is 4.79 Å². The summed E-state index contributed by atoms with van der Waals surface area (Å²) in [4.78, 5) is 11.5. The molecule has 1 unspecified atom stereocenters. The molecule has 0 aliphatic heterocycles. The molecule has 1 rings (SSSR count). The molecule has 1 atom stereocenters. The monoisotopic (exact) mass is 304 g/mol. The van der Waals surface area contributed by atoms with Crippen molar-refractivity contribution in [2.45, 2.75) is 38.5 Å². The molecule has 0 bridgehead atoms. The van der Waals surface area contributed by atoms with Gasteiger partial charge in [-0.05, 0) is 31.0 Å². The van der Waals surface area contributed by atoms with Gasteiger partial charge < -0.3 is 15.8 Å². The van der Waals surface area contributed by atoms with Crippen LogP contribution < -0.4 is 15.8 Å². The Labute approximate surface area is 121 Å². The van der Waals surface area contributed by atoms with Gasteiger partial charge in [0.25, 0.3) is 0 Å². The molecule has 0 spiro atoms. The number of rotatable bonds is 7. The first-order valence-corrected chi connectivity index (χ1v) is 6.57. The standard InChI is InChI=1S/C14H19F3N2O2/c1-10(18)5-6-13(20)19-8-11-3-2-4-12(7-11)21-9-14(15,16)17/h2-4,7,10H,5-6,8-9,18H2,1H3,(H,19,20). The molecule has 7 heteroatoms. The van der Waals surface area contributed by atoms with E-state index in [4.69, 9.17) is 5.73 Å². The predicted molar refractivity (Wildman–Crippen MR) is 72.7 cm³/mol. The van der Waals surface area contributed by atoms with Crippen LogP contribution in [0.3, 0.4) is 0 Å². The van der Waals surface area contributed by atoms with Crippen molar-refractivity contribution in [2.75, 3.05) is 6.61 Å². The molecule has 21 heavy (non-hydrogen) atoms. The number of hydrogen-bond donors (Lipinski definition) is 2. The second-order valence-electron chi connectivity index (χ2n) is 4.84. The smallest absolute Gasteiger partial charge is 0.422 e. The highest BCUT2D eigenvalue weighted by Crippen LogP contribution is 2.19. The topological polar surface area (TPSA) is 64.4 Å². The number of alkyl halides is 3.